The topological polar surface area (TPSA) is 29.3 Å². The van der Waals surface area contributed by atoms with E-state index in [2.05, 4.69) is 43.9 Å². The zero-order valence-corrected chi connectivity index (χ0v) is 11.9. The number of rotatable bonds is 6. The van der Waals surface area contributed by atoms with Gasteiger partial charge in [-0.05, 0) is 49.3 Å². The van der Waals surface area contributed by atoms with Crippen LogP contribution in [0.25, 0.3) is 0 Å². The van der Waals surface area contributed by atoms with Crippen LogP contribution in [-0.4, -0.2) is 12.6 Å². The molecule has 0 aliphatic heterocycles. The van der Waals surface area contributed by atoms with E-state index in [1.54, 1.807) is 0 Å². The molecule has 0 atom stereocenters. The molecular formula is C16H26N2. The summed E-state index contributed by atoms with van der Waals surface area (Å²) in [4.78, 5) is 2.61. The lowest BCUT2D eigenvalue weighted by Crippen LogP contribution is -2.28. The van der Waals surface area contributed by atoms with Crippen molar-refractivity contribution in [1.29, 1.82) is 0 Å². The lowest BCUT2D eigenvalue weighted by Gasteiger charge is -2.27. The van der Waals surface area contributed by atoms with Crippen LogP contribution in [0, 0.1) is 12.8 Å². The molecule has 0 unspecified atom stereocenters. The van der Waals surface area contributed by atoms with Crippen molar-refractivity contribution in [1.82, 2.24) is 0 Å². The third kappa shape index (κ3) is 3.26. The second kappa shape index (κ2) is 5.75. The maximum atomic E-state index is 5.70. The fourth-order valence-electron chi connectivity index (χ4n) is 2.45. The minimum Gasteiger partial charge on any atom is -0.368 e. The first kappa shape index (κ1) is 13.4. The van der Waals surface area contributed by atoms with Gasteiger partial charge >= 0.3 is 0 Å². The van der Waals surface area contributed by atoms with Crippen LogP contribution >= 0.6 is 0 Å². The van der Waals surface area contributed by atoms with Gasteiger partial charge in [0.15, 0.2) is 0 Å². The molecule has 0 heterocycles. The first-order valence-electron chi connectivity index (χ1n) is 7.18. The summed E-state index contributed by atoms with van der Waals surface area (Å²) < 4.78 is 0. The first-order chi connectivity index (χ1) is 8.61. The van der Waals surface area contributed by atoms with Gasteiger partial charge in [-0.25, -0.2) is 0 Å². The fourth-order valence-corrected chi connectivity index (χ4v) is 2.45. The van der Waals surface area contributed by atoms with Gasteiger partial charge < -0.3 is 10.6 Å². The van der Waals surface area contributed by atoms with Crippen LogP contribution in [0.4, 0.5) is 5.69 Å². The summed E-state index contributed by atoms with van der Waals surface area (Å²) >= 11 is 0. The highest BCUT2D eigenvalue weighted by Gasteiger charge is 2.29. The van der Waals surface area contributed by atoms with Gasteiger partial charge in [-0.3, -0.25) is 0 Å². The molecule has 1 fully saturated rings. The van der Waals surface area contributed by atoms with Crippen molar-refractivity contribution in [3.8, 4) is 0 Å². The summed E-state index contributed by atoms with van der Waals surface area (Å²) in [6.45, 7) is 8.63. The van der Waals surface area contributed by atoms with Gasteiger partial charge in [-0.2, -0.15) is 0 Å². The second-order valence-corrected chi connectivity index (χ2v) is 5.93. The van der Waals surface area contributed by atoms with Crippen molar-refractivity contribution < 1.29 is 0 Å². The van der Waals surface area contributed by atoms with Gasteiger partial charge in [-0.1, -0.05) is 26.0 Å². The molecule has 1 aromatic carbocycles. The minimum absolute atomic E-state index is 0.635. The predicted octanol–water partition coefficient (Wildman–Crippen LogP) is 3.47. The summed E-state index contributed by atoms with van der Waals surface area (Å²) in [5, 5.41) is 0. The van der Waals surface area contributed by atoms with Gasteiger partial charge in [0.1, 0.15) is 0 Å². The first-order valence-corrected chi connectivity index (χ1v) is 7.18. The Hall–Kier alpha value is -1.02. The highest BCUT2D eigenvalue weighted by Crippen LogP contribution is 2.34. The molecular weight excluding hydrogens is 220 g/mol. The van der Waals surface area contributed by atoms with E-state index in [9.17, 15) is 0 Å². The lowest BCUT2D eigenvalue weighted by atomic mass is 10.1. The number of nitrogens with zero attached hydrogens (tertiary/aromatic N) is 1. The van der Waals surface area contributed by atoms with Gasteiger partial charge in [0.2, 0.25) is 0 Å². The molecule has 0 radical (unpaired) electrons. The molecule has 1 aliphatic rings. The van der Waals surface area contributed by atoms with E-state index in [1.165, 1.54) is 42.6 Å². The maximum Gasteiger partial charge on any atom is 0.0398 e. The van der Waals surface area contributed by atoms with Crippen molar-refractivity contribution in [2.24, 2.45) is 11.7 Å². The molecule has 0 bridgehead atoms. The van der Waals surface area contributed by atoms with Crippen LogP contribution in [0.15, 0.2) is 18.2 Å². The Kier molecular flexibility index (Phi) is 4.28. The predicted molar refractivity (Wildman–Crippen MR) is 78.9 cm³/mol. The molecule has 0 amide bonds. The van der Waals surface area contributed by atoms with Crippen molar-refractivity contribution in [2.45, 2.75) is 52.6 Å². The van der Waals surface area contributed by atoms with Crippen LogP contribution in [0.3, 0.4) is 0 Å². The zero-order chi connectivity index (χ0) is 13.1. The number of aryl methyl sites for hydroxylation is 1. The van der Waals surface area contributed by atoms with Gasteiger partial charge in [-0.15, -0.1) is 0 Å². The Morgan fingerprint density at radius 2 is 2.06 bits per heavy atom. The molecule has 18 heavy (non-hydrogen) atoms. The number of hydrogen-bond donors (Lipinski definition) is 1. The zero-order valence-electron chi connectivity index (χ0n) is 11.9. The van der Waals surface area contributed by atoms with Gasteiger partial charge in [0, 0.05) is 24.8 Å². The van der Waals surface area contributed by atoms with E-state index >= 15 is 0 Å². The average Bonchev–Trinajstić information content (AvgIpc) is 3.15. The van der Waals surface area contributed by atoms with Crippen molar-refractivity contribution in [2.75, 3.05) is 11.4 Å². The third-order valence-electron chi connectivity index (χ3n) is 3.74. The fraction of sp³-hybridized carbons (Fsp3) is 0.625. The number of nitrogens with two attached hydrogens (primary N) is 1. The SMILES string of the molecule is Cc1cc(CN)ccc1N(CCC(C)C)C1CC1. The second-order valence-electron chi connectivity index (χ2n) is 5.93. The molecule has 1 aromatic rings. The van der Waals surface area contributed by atoms with Crippen LogP contribution in [-0.2, 0) is 6.54 Å². The van der Waals surface area contributed by atoms with Crippen molar-refractivity contribution >= 4 is 5.69 Å². The Balaban J connectivity index is 2.14. The van der Waals surface area contributed by atoms with Crippen LogP contribution in [0.5, 0.6) is 0 Å². The van der Waals surface area contributed by atoms with E-state index in [0.717, 1.165) is 12.0 Å². The summed E-state index contributed by atoms with van der Waals surface area (Å²) in [5.74, 6) is 0.773. The molecule has 2 heteroatoms. The highest BCUT2D eigenvalue weighted by atomic mass is 15.2. The monoisotopic (exact) mass is 246 g/mol. The van der Waals surface area contributed by atoms with E-state index < -0.39 is 0 Å². The van der Waals surface area contributed by atoms with E-state index in [-0.39, 0.29) is 0 Å². The van der Waals surface area contributed by atoms with E-state index in [4.69, 9.17) is 5.73 Å². The maximum absolute atomic E-state index is 5.70. The van der Waals surface area contributed by atoms with Crippen molar-refractivity contribution in [3.05, 3.63) is 29.3 Å². The van der Waals surface area contributed by atoms with Crippen LogP contribution in [0.1, 0.15) is 44.2 Å². The molecule has 100 valence electrons. The highest BCUT2D eigenvalue weighted by molar-refractivity contribution is 5.56. The van der Waals surface area contributed by atoms with E-state index in [1.807, 2.05) is 0 Å². The minimum atomic E-state index is 0.635. The van der Waals surface area contributed by atoms with Gasteiger partial charge in [0.25, 0.3) is 0 Å². The molecule has 0 saturated heterocycles. The summed E-state index contributed by atoms with van der Waals surface area (Å²) in [6, 6.07) is 7.45. The Morgan fingerprint density at radius 1 is 1.33 bits per heavy atom. The molecule has 0 spiro atoms. The van der Waals surface area contributed by atoms with E-state index in [0.29, 0.717) is 6.54 Å². The Morgan fingerprint density at radius 3 is 2.56 bits per heavy atom. The average molecular weight is 246 g/mol. The smallest absolute Gasteiger partial charge is 0.0398 e. The molecule has 0 aromatic heterocycles. The summed E-state index contributed by atoms with van der Waals surface area (Å²) in [6.07, 6.45) is 3.99. The van der Waals surface area contributed by atoms with Crippen LogP contribution < -0.4 is 10.6 Å². The Bertz CT molecular complexity index is 394. The summed E-state index contributed by atoms with van der Waals surface area (Å²) in [7, 11) is 0. The third-order valence-corrected chi connectivity index (χ3v) is 3.74. The molecule has 2 N–H and O–H groups in total. The largest absolute Gasteiger partial charge is 0.368 e. The normalized spacial score (nSPS) is 15.2. The molecule has 2 rings (SSSR count). The number of anilines is 1. The molecule has 1 aliphatic carbocycles. The standard InChI is InChI=1S/C16H26N2/c1-12(2)8-9-18(15-5-6-15)16-7-4-14(11-17)10-13(16)3/h4,7,10,12,15H,5-6,8-9,11,17H2,1-3H3. The quantitative estimate of drug-likeness (QED) is 0.833. The molecule has 2 nitrogen and oxygen atoms in total. The molecule has 1 saturated carbocycles. The number of benzene rings is 1. The van der Waals surface area contributed by atoms with Gasteiger partial charge in [0.05, 0.1) is 0 Å². The summed E-state index contributed by atoms with van der Waals surface area (Å²) in [5.41, 5.74) is 9.72. The van der Waals surface area contributed by atoms with Crippen LogP contribution in [0.2, 0.25) is 0 Å². The Labute approximate surface area is 111 Å². The lowest BCUT2D eigenvalue weighted by molar-refractivity contribution is 0.570. The number of hydrogen-bond acceptors (Lipinski definition) is 2. The van der Waals surface area contributed by atoms with Crippen molar-refractivity contribution in [3.63, 3.8) is 0 Å².